The second-order valence-electron chi connectivity index (χ2n) is 7.35. The molecule has 0 aliphatic carbocycles. The summed E-state index contributed by atoms with van der Waals surface area (Å²) in [6.45, 7) is 0. The minimum absolute atomic E-state index is 0. The van der Waals surface area contributed by atoms with E-state index in [9.17, 15) is 39.6 Å². The van der Waals surface area contributed by atoms with Gasteiger partial charge in [-0.05, 0) is 48.5 Å². The maximum Gasteiger partial charge on any atom is 2.00 e. The van der Waals surface area contributed by atoms with Crippen LogP contribution in [0, 0.1) is 0 Å². The summed E-state index contributed by atoms with van der Waals surface area (Å²) in [5.74, 6) is -6.06. The van der Waals surface area contributed by atoms with Gasteiger partial charge in [0, 0.05) is 35.9 Å². The average molecular weight is 724 g/mol. The molecule has 0 unspecified atom stereocenters. The van der Waals surface area contributed by atoms with E-state index in [0.29, 0.717) is 0 Å². The van der Waals surface area contributed by atoms with Gasteiger partial charge in [0.15, 0.2) is 0 Å². The van der Waals surface area contributed by atoms with E-state index in [1.807, 2.05) is 24.3 Å². The fraction of sp³-hybridized carbons (Fsp3) is 0. The van der Waals surface area contributed by atoms with Crippen molar-refractivity contribution in [2.24, 2.45) is 0 Å². The number of hydrogen-bond acceptors (Lipinski definition) is 15. The number of nitrogens with zero attached hydrogens (tertiary/aromatic N) is 6. The molecule has 0 amide bonds. The van der Waals surface area contributed by atoms with Crippen LogP contribution in [0.3, 0.4) is 0 Å². The first-order chi connectivity index (χ1) is 19.7. The van der Waals surface area contributed by atoms with Crippen LogP contribution in [0.5, 0.6) is 0 Å². The molecule has 0 fully saturated rings. The average Bonchev–Trinajstić information content (AvgIpc) is 3.49. The van der Waals surface area contributed by atoms with Crippen LogP contribution in [0.15, 0.2) is 85.5 Å². The number of carboxylic acids is 4. The first-order valence-corrected chi connectivity index (χ1v) is 11.9. The maximum absolute atomic E-state index is 10.2. The topological polar surface area (TPSA) is 301 Å². The number of aromatic nitrogens is 6. The van der Waals surface area contributed by atoms with Crippen molar-refractivity contribution >= 4 is 35.2 Å². The second-order valence-corrected chi connectivity index (χ2v) is 8.33. The number of carboxylic acid groups (broad SMARTS) is 4. The SMILES string of the molecule is O.O.O=C([O-])c1cccc(C(=O)[O-])n1.O=C([O-])c1cccc(C(=O)[O-])n1.[Ni+2].[Ni+2].c1cc(-c2nnc(-c3ccncc3)s2)ccn1. The maximum atomic E-state index is 10.2. The Hall–Kier alpha value is -5.05. The molecule has 16 nitrogen and oxygen atoms in total. The number of aromatic carboxylic acids is 4. The van der Waals surface area contributed by atoms with Crippen molar-refractivity contribution in [3.05, 3.63) is 108 Å². The van der Waals surface area contributed by atoms with Crippen LogP contribution in [0.25, 0.3) is 21.1 Å². The quantitative estimate of drug-likeness (QED) is 0.154. The normalized spacial score (nSPS) is 8.89. The Morgan fingerprint density at radius 2 is 0.756 bits per heavy atom. The van der Waals surface area contributed by atoms with Gasteiger partial charge in [-0.3, -0.25) is 9.97 Å². The van der Waals surface area contributed by atoms with Crippen LogP contribution in [0.2, 0.25) is 0 Å². The molecule has 5 heterocycles. The zero-order chi connectivity index (χ0) is 29.8. The molecule has 0 aliphatic heterocycles. The van der Waals surface area contributed by atoms with Crippen LogP contribution in [0.1, 0.15) is 42.0 Å². The molecule has 0 spiro atoms. The zero-order valence-corrected chi connectivity index (χ0v) is 24.9. The summed E-state index contributed by atoms with van der Waals surface area (Å²) in [4.78, 5) is 55.2. The third kappa shape index (κ3) is 13.0. The molecule has 0 saturated carbocycles. The van der Waals surface area contributed by atoms with Gasteiger partial charge < -0.3 is 50.6 Å². The summed E-state index contributed by atoms with van der Waals surface area (Å²) in [6, 6.07) is 14.8. The van der Waals surface area contributed by atoms with Crippen molar-refractivity contribution in [1.29, 1.82) is 0 Å². The minimum Gasteiger partial charge on any atom is -0.543 e. The number of rotatable bonds is 6. The summed E-state index contributed by atoms with van der Waals surface area (Å²) in [6.07, 6.45) is 7.01. The van der Waals surface area contributed by atoms with Crippen LogP contribution in [-0.2, 0) is 33.0 Å². The summed E-state index contributed by atoms with van der Waals surface area (Å²) >= 11 is 1.56. The number of carbonyl (C=O) groups is 4. The molecule has 0 radical (unpaired) electrons. The van der Waals surface area contributed by atoms with Gasteiger partial charge in [0.1, 0.15) is 10.0 Å². The molecule has 238 valence electrons. The Morgan fingerprint density at radius 3 is 1.00 bits per heavy atom. The van der Waals surface area contributed by atoms with Gasteiger partial charge in [0.2, 0.25) is 0 Å². The molecule has 5 aromatic rings. The van der Waals surface area contributed by atoms with Crippen LogP contribution in [-0.4, -0.2) is 65.0 Å². The van der Waals surface area contributed by atoms with E-state index in [2.05, 4.69) is 30.1 Å². The molecular formula is C26H18N6Ni2O10S. The second kappa shape index (κ2) is 20.8. The van der Waals surface area contributed by atoms with Crippen molar-refractivity contribution in [3.63, 3.8) is 0 Å². The van der Waals surface area contributed by atoms with E-state index in [4.69, 9.17) is 0 Å². The van der Waals surface area contributed by atoms with Gasteiger partial charge in [-0.15, -0.1) is 10.2 Å². The van der Waals surface area contributed by atoms with Crippen molar-refractivity contribution in [2.75, 3.05) is 0 Å². The number of carbonyl (C=O) groups excluding carboxylic acids is 4. The van der Waals surface area contributed by atoms with Gasteiger partial charge in [0.25, 0.3) is 0 Å². The molecule has 5 aromatic heterocycles. The van der Waals surface area contributed by atoms with Gasteiger partial charge in [-0.25, -0.2) is 9.97 Å². The Kier molecular flexibility index (Phi) is 19.4. The smallest absolute Gasteiger partial charge is 0.543 e. The first kappa shape index (κ1) is 42.1. The summed E-state index contributed by atoms with van der Waals surface area (Å²) in [5, 5.41) is 50.9. The largest absolute Gasteiger partial charge is 2.00 e. The summed E-state index contributed by atoms with van der Waals surface area (Å²) < 4.78 is 0. The number of hydrogen-bond donors (Lipinski definition) is 0. The third-order valence-electron chi connectivity index (χ3n) is 4.61. The molecule has 45 heavy (non-hydrogen) atoms. The third-order valence-corrected chi connectivity index (χ3v) is 5.64. The Bertz CT molecular complexity index is 1500. The summed E-state index contributed by atoms with van der Waals surface area (Å²) in [5.41, 5.74) is 0.400. The first-order valence-electron chi connectivity index (χ1n) is 11.1. The monoisotopic (exact) mass is 722 g/mol. The predicted octanol–water partition coefficient (Wildman–Crippen LogP) is -3.38. The molecule has 4 N–H and O–H groups in total. The van der Waals surface area contributed by atoms with Crippen LogP contribution >= 0.6 is 11.3 Å². The fourth-order valence-corrected chi connectivity index (χ4v) is 3.62. The summed E-state index contributed by atoms with van der Waals surface area (Å²) in [7, 11) is 0. The molecule has 0 aromatic carbocycles. The van der Waals surface area contributed by atoms with Crippen LogP contribution in [0.4, 0.5) is 0 Å². The molecule has 0 bridgehead atoms. The van der Waals surface area contributed by atoms with Gasteiger partial charge in [-0.2, -0.15) is 0 Å². The van der Waals surface area contributed by atoms with Crippen molar-refractivity contribution in [2.45, 2.75) is 0 Å². The van der Waals surface area contributed by atoms with E-state index in [0.717, 1.165) is 45.4 Å². The predicted molar refractivity (Wildman–Crippen MR) is 139 cm³/mol. The van der Waals surface area contributed by atoms with Crippen molar-refractivity contribution in [3.8, 4) is 21.1 Å². The van der Waals surface area contributed by atoms with Crippen molar-refractivity contribution < 1.29 is 83.5 Å². The molecule has 5 rings (SSSR count). The van der Waals surface area contributed by atoms with Crippen molar-refractivity contribution in [1.82, 2.24) is 30.1 Å². The molecule has 0 saturated heterocycles. The van der Waals surface area contributed by atoms with E-state index in [1.54, 1.807) is 36.1 Å². The van der Waals surface area contributed by atoms with Gasteiger partial charge in [-0.1, -0.05) is 23.5 Å². The van der Waals surface area contributed by atoms with Gasteiger partial charge >= 0.3 is 33.0 Å². The Labute approximate surface area is 277 Å². The fourth-order valence-electron chi connectivity index (χ4n) is 2.77. The van der Waals surface area contributed by atoms with E-state index >= 15 is 0 Å². The van der Waals surface area contributed by atoms with E-state index in [-0.39, 0.29) is 43.9 Å². The molecule has 0 aliphatic rings. The van der Waals surface area contributed by atoms with E-state index in [1.165, 1.54) is 12.1 Å². The van der Waals surface area contributed by atoms with Crippen LogP contribution < -0.4 is 20.4 Å². The standard InChI is InChI=1S/C12H8N4S.2C7H5NO4.2Ni.2H2O/c1-5-13-6-2-9(1)11-15-16-12(17-11)10-3-7-14-8-4-10;2*9-6(10)4-2-1-3-5(8-4)7(11)12;;;;/h1-8H;2*1-3H,(H,9,10)(H,11,12);;;2*1H2/q;;;2*+2;;/p-4. The number of pyridine rings is 4. The Balaban J connectivity index is 0. The molecule has 19 heteroatoms. The molecule has 0 atom stereocenters. The van der Waals surface area contributed by atoms with E-state index < -0.39 is 46.7 Å². The van der Waals surface area contributed by atoms with Gasteiger partial charge in [0.05, 0.1) is 46.7 Å². The zero-order valence-electron chi connectivity index (χ0n) is 22.1. The molecular weight excluding hydrogens is 706 g/mol. The Morgan fingerprint density at radius 1 is 0.489 bits per heavy atom. The minimum atomic E-state index is -1.52.